The van der Waals surface area contributed by atoms with Crippen molar-refractivity contribution in [3.8, 4) is 0 Å². The van der Waals surface area contributed by atoms with Gasteiger partial charge >= 0.3 is 0 Å². The molecule has 0 spiro atoms. The van der Waals surface area contributed by atoms with E-state index in [0.29, 0.717) is 25.5 Å². The normalized spacial score (nSPS) is 12.0. The van der Waals surface area contributed by atoms with Crippen LogP contribution in [0.15, 0.2) is 35.5 Å². The van der Waals surface area contributed by atoms with Gasteiger partial charge in [0.05, 0.1) is 31.3 Å². The number of furan rings is 1. The quantitative estimate of drug-likeness (QED) is 0.753. The summed E-state index contributed by atoms with van der Waals surface area (Å²) in [5.41, 5.74) is 1.38. The van der Waals surface area contributed by atoms with Crippen LogP contribution in [0.2, 0.25) is 0 Å². The number of ether oxygens (including phenoxy) is 1. The summed E-state index contributed by atoms with van der Waals surface area (Å²) in [5.74, 6) is 1.54. The molecule has 7 heteroatoms. The zero-order chi connectivity index (χ0) is 16.3. The van der Waals surface area contributed by atoms with Gasteiger partial charge in [-0.15, -0.1) is 0 Å². The molecule has 0 fully saturated rings. The summed E-state index contributed by atoms with van der Waals surface area (Å²) in [5, 5.41) is 3.23. The van der Waals surface area contributed by atoms with Crippen molar-refractivity contribution in [2.45, 2.75) is 39.5 Å². The lowest BCUT2D eigenvalue weighted by atomic mass is 10.2. The van der Waals surface area contributed by atoms with Gasteiger partial charge in [0.15, 0.2) is 11.5 Å². The van der Waals surface area contributed by atoms with Crippen LogP contribution in [-0.2, 0) is 17.8 Å². The largest absolute Gasteiger partial charge is 0.467 e. The van der Waals surface area contributed by atoms with Crippen LogP contribution in [0.3, 0.4) is 0 Å². The average Bonchev–Trinajstić information content (AvgIpc) is 3.14. The van der Waals surface area contributed by atoms with E-state index in [1.807, 2.05) is 37.5 Å². The first-order valence-corrected chi connectivity index (χ1v) is 7.59. The molecule has 23 heavy (non-hydrogen) atoms. The maximum absolute atomic E-state index is 5.76. The number of imidazole rings is 1. The Morgan fingerprint density at radius 1 is 1.26 bits per heavy atom. The zero-order valence-electron chi connectivity index (χ0n) is 13.6. The Morgan fingerprint density at radius 2 is 2.13 bits per heavy atom. The molecule has 122 valence electrons. The van der Waals surface area contributed by atoms with Crippen LogP contribution in [0.1, 0.15) is 26.5 Å². The van der Waals surface area contributed by atoms with Crippen molar-refractivity contribution in [1.82, 2.24) is 19.5 Å². The van der Waals surface area contributed by atoms with Crippen molar-refractivity contribution in [3.63, 3.8) is 0 Å². The van der Waals surface area contributed by atoms with Crippen molar-refractivity contribution in [2.24, 2.45) is 0 Å². The number of hydrogen-bond donors (Lipinski definition) is 1. The van der Waals surface area contributed by atoms with E-state index in [-0.39, 0.29) is 5.60 Å². The first-order valence-electron chi connectivity index (χ1n) is 7.59. The summed E-state index contributed by atoms with van der Waals surface area (Å²) in [6.45, 7) is 7.98. The van der Waals surface area contributed by atoms with Gasteiger partial charge in [-0.25, -0.2) is 15.0 Å². The molecule has 0 unspecified atom stereocenters. The molecule has 0 aliphatic carbocycles. The molecule has 0 radical (unpaired) electrons. The highest BCUT2D eigenvalue weighted by Crippen LogP contribution is 2.18. The lowest BCUT2D eigenvalue weighted by molar-refractivity contribution is -0.00653. The Morgan fingerprint density at radius 3 is 2.87 bits per heavy atom. The van der Waals surface area contributed by atoms with Gasteiger partial charge in [0.25, 0.3) is 0 Å². The highest BCUT2D eigenvalue weighted by atomic mass is 16.5. The van der Waals surface area contributed by atoms with Crippen molar-refractivity contribution >= 4 is 17.0 Å². The summed E-state index contributed by atoms with van der Waals surface area (Å²) in [7, 11) is 0. The van der Waals surface area contributed by atoms with E-state index in [1.54, 1.807) is 12.6 Å². The van der Waals surface area contributed by atoms with Crippen LogP contribution in [-0.4, -0.2) is 31.7 Å². The van der Waals surface area contributed by atoms with Gasteiger partial charge in [-0.3, -0.25) is 0 Å². The van der Waals surface area contributed by atoms with Crippen LogP contribution in [0, 0.1) is 0 Å². The fraction of sp³-hybridized carbons (Fsp3) is 0.438. The number of fused-ring (bicyclic) bond motifs is 1. The van der Waals surface area contributed by atoms with Crippen LogP contribution in [0.25, 0.3) is 11.2 Å². The molecular weight excluding hydrogens is 294 g/mol. The molecule has 3 aromatic rings. The average molecular weight is 315 g/mol. The highest BCUT2D eigenvalue weighted by Gasteiger charge is 2.12. The highest BCUT2D eigenvalue weighted by molar-refractivity contribution is 5.82. The van der Waals surface area contributed by atoms with E-state index in [9.17, 15) is 0 Å². The van der Waals surface area contributed by atoms with E-state index in [1.165, 1.54) is 6.33 Å². The summed E-state index contributed by atoms with van der Waals surface area (Å²) >= 11 is 0. The minimum absolute atomic E-state index is 0.152. The minimum Gasteiger partial charge on any atom is -0.467 e. The van der Waals surface area contributed by atoms with Crippen molar-refractivity contribution in [1.29, 1.82) is 0 Å². The third-order valence-corrected chi connectivity index (χ3v) is 3.28. The monoisotopic (exact) mass is 315 g/mol. The second-order valence-electron chi connectivity index (χ2n) is 6.23. The van der Waals surface area contributed by atoms with Gasteiger partial charge < -0.3 is 19.0 Å². The van der Waals surface area contributed by atoms with E-state index >= 15 is 0 Å². The van der Waals surface area contributed by atoms with Gasteiger partial charge in [0.1, 0.15) is 17.6 Å². The molecule has 0 aromatic carbocycles. The van der Waals surface area contributed by atoms with Crippen LogP contribution in [0.5, 0.6) is 0 Å². The lowest BCUT2D eigenvalue weighted by Gasteiger charge is -2.19. The smallest absolute Gasteiger partial charge is 0.165 e. The predicted molar refractivity (Wildman–Crippen MR) is 87.1 cm³/mol. The molecule has 0 saturated heterocycles. The summed E-state index contributed by atoms with van der Waals surface area (Å²) < 4.78 is 13.0. The van der Waals surface area contributed by atoms with Gasteiger partial charge in [0, 0.05) is 6.54 Å². The van der Waals surface area contributed by atoms with E-state index < -0.39 is 0 Å². The predicted octanol–water partition coefficient (Wildman–Crippen LogP) is 2.85. The molecule has 7 nitrogen and oxygen atoms in total. The molecule has 0 aliphatic heterocycles. The van der Waals surface area contributed by atoms with Crippen LogP contribution < -0.4 is 5.32 Å². The van der Waals surface area contributed by atoms with Crippen molar-refractivity contribution in [2.75, 3.05) is 11.9 Å². The third-order valence-electron chi connectivity index (χ3n) is 3.28. The Hall–Kier alpha value is -2.41. The molecule has 3 aromatic heterocycles. The Balaban J connectivity index is 1.72. The number of hydrogen-bond acceptors (Lipinski definition) is 6. The maximum atomic E-state index is 5.76. The Labute approximate surface area is 134 Å². The van der Waals surface area contributed by atoms with E-state index in [0.717, 1.165) is 16.9 Å². The molecule has 0 bridgehead atoms. The molecule has 3 heterocycles. The standard InChI is InChI=1S/C16H21N5O2/c1-16(2,3)23-8-6-21-11-20-13-14(18-10-19-15(13)21)17-9-12-5-4-7-22-12/h4-5,7,10-11H,6,8-9H2,1-3H3,(H,17,18,19). The molecule has 0 atom stereocenters. The number of anilines is 1. The molecule has 0 amide bonds. The minimum atomic E-state index is -0.152. The first-order chi connectivity index (χ1) is 11.0. The second kappa shape index (κ2) is 6.37. The molecule has 1 N–H and O–H groups in total. The maximum Gasteiger partial charge on any atom is 0.165 e. The Bertz CT molecular complexity index is 758. The second-order valence-corrected chi connectivity index (χ2v) is 6.23. The number of nitrogens with zero attached hydrogens (tertiary/aromatic N) is 4. The summed E-state index contributed by atoms with van der Waals surface area (Å²) in [6, 6.07) is 3.77. The molecule has 0 aliphatic rings. The van der Waals surface area contributed by atoms with Gasteiger partial charge in [-0.2, -0.15) is 0 Å². The fourth-order valence-corrected chi connectivity index (χ4v) is 2.21. The Kier molecular flexibility index (Phi) is 4.29. The van der Waals surface area contributed by atoms with Crippen LogP contribution in [0.4, 0.5) is 5.82 Å². The summed E-state index contributed by atoms with van der Waals surface area (Å²) in [6.07, 6.45) is 4.95. The third kappa shape index (κ3) is 3.87. The number of nitrogens with one attached hydrogen (secondary N) is 1. The topological polar surface area (TPSA) is 78.0 Å². The first kappa shape index (κ1) is 15.5. The fourth-order valence-electron chi connectivity index (χ4n) is 2.21. The van der Waals surface area contributed by atoms with Crippen LogP contribution >= 0.6 is 0 Å². The van der Waals surface area contributed by atoms with E-state index in [4.69, 9.17) is 9.15 Å². The van der Waals surface area contributed by atoms with Gasteiger partial charge in [-0.05, 0) is 32.9 Å². The van der Waals surface area contributed by atoms with Crippen molar-refractivity contribution < 1.29 is 9.15 Å². The van der Waals surface area contributed by atoms with Crippen molar-refractivity contribution in [3.05, 3.63) is 36.8 Å². The lowest BCUT2D eigenvalue weighted by Crippen LogP contribution is -2.21. The number of rotatable bonds is 6. The summed E-state index contributed by atoms with van der Waals surface area (Å²) in [4.78, 5) is 13.0. The zero-order valence-corrected chi connectivity index (χ0v) is 13.6. The SMILES string of the molecule is CC(C)(C)OCCn1cnc2c(NCc3ccco3)ncnc21. The molecular formula is C16H21N5O2. The molecule has 3 rings (SSSR count). The number of aromatic nitrogens is 4. The van der Waals surface area contributed by atoms with Gasteiger partial charge in [0.2, 0.25) is 0 Å². The molecule has 0 saturated carbocycles. The van der Waals surface area contributed by atoms with Gasteiger partial charge in [-0.1, -0.05) is 0 Å². The van der Waals surface area contributed by atoms with E-state index in [2.05, 4.69) is 20.3 Å².